The predicted molar refractivity (Wildman–Crippen MR) is 43.6 cm³/mol. The standard InChI is InChI=1S/C8H18N2/c1-8(2)6(9)4-3-5-7(8)10/h6-7H,3-5,9-10H2,1-2H3/t6-,7+. The maximum absolute atomic E-state index is 5.92. The molecule has 0 aliphatic heterocycles. The largest absolute Gasteiger partial charge is 0.327 e. The molecule has 0 aromatic heterocycles. The van der Waals surface area contributed by atoms with Gasteiger partial charge < -0.3 is 11.5 Å². The lowest BCUT2D eigenvalue weighted by Crippen LogP contribution is -2.52. The van der Waals surface area contributed by atoms with Gasteiger partial charge in [0.05, 0.1) is 0 Å². The van der Waals surface area contributed by atoms with Crippen LogP contribution in [0.25, 0.3) is 0 Å². The minimum absolute atomic E-state index is 0.151. The SMILES string of the molecule is CC1(C)[C@H](N)CCC[C@@H]1N. The average molecular weight is 142 g/mol. The lowest BCUT2D eigenvalue weighted by Gasteiger charge is -2.41. The molecular formula is C8H18N2. The molecule has 0 aromatic carbocycles. The smallest absolute Gasteiger partial charge is 0.0105 e. The van der Waals surface area contributed by atoms with E-state index in [-0.39, 0.29) is 5.41 Å². The molecule has 1 aliphatic rings. The van der Waals surface area contributed by atoms with Crippen molar-refractivity contribution in [3.63, 3.8) is 0 Å². The van der Waals surface area contributed by atoms with Gasteiger partial charge in [0.25, 0.3) is 0 Å². The summed E-state index contributed by atoms with van der Waals surface area (Å²) in [6.45, 7) is 4.34. The van der Waals surface area contributed by atoms with Crippen molar-refractivity contribution >= 4 is 0 Å². The molecule has 1 fully saturated rings. The lowest BCUT2D eigenvalue weighted by molar-refractivity contribution is 0.166. The zero-order chi connectivity index (χ0) is 7.78. The second-order valence-corrected chi connectivity index (χ2v) is 3.97. The molecule has 0 bridgehead atoms. The van der Waals surface area contributed by atoms with Crippen molar-refractivity contribution in [2.45, 2.75) is 45.2 Å². The minimum Gasteiger partial charge on any atom is -0.327 e. The van der Waals surface area contributed by atoms with Crippen LogP contribution >= 0.6 is 0 Å². The van der Waals surface area contributed by atoms with E-state index in [0.29, 0.717) is 12.1 Å². The molecule has 4 N–H and O–H groups in total. The zero-order valence-corrected chi connectivity index (χ0v) is 6.93. The summed E-state index contributed by atoms with van der Waals surface area (Å²) < 4.78 is 0. The van der Waals surface area contributed by atoms with E-state index in [2.05, 4.69) is 13.8 Å². The molecule has 60 valence electrons. The Morgan fingerprint density at radius 2 is 1.50 bits per heavy atom. The Labute approximate surface area is 63.0 Å². The Bertz CT molecular complexity index is 108. The molecule has 0 heterocycles. The number of rotatable bonds is 0. The summed E-state index contributed by atoms with van der Waals surface area (Å²) in [5.74, 6) is 0. The van der Waals surface area contributed by atoms with E-state index >= 15 is 0 Å². The molecule has 2 atom stereocenters. The van der Waals surface area contributed by atoms with Gasteiger partial charge in [0.15, 0.2) is 0 Å². The van der Waals surface area contributed by atoms with Crippen molar-refractivity contribution in [2.75, 3.05) is 0 Å². The van der Waals surface area contributed by atoms with Gasteiger partial charge in [-0.3, -0.25) is 0 Å². The molecule has 2 heteroatoms. The van der Waals surface area contributed by atoms with Crippen LogP contribution in [0.4, 0.5) is 0 Å². The van der Waals surface area contributed by atoms with E-state index in [1.807, 2.05) is 0 Å². The zero-order valence-electron chi connectivity index (χ0n) is 6.93. The summed E-state index contributed by atoms with van der Waals surface area (Å²) in [6, 6.07) is 0.604. The van der Waals surface area contributed by atoms with E-state index in [0.717, 1.165) is 12.8 Å². The normalized spacial score (nSPS) is 39.6. The lowest BCUT2D eigenvalue weighted by atomic mass is 9.70. The first-order chi connectivity index (χ1) is 4.55. The molecule has 0 aromatic rings. The van der Waals surface area contributed by atoms with E-state index in [1.165, 1.54) is 6.42 Å². The van der Waals surface area contributed by atoms with Crippen molar-refractivity contribution in [1.29, 1.82) is 0 Å². The average Bonchev–Trinajstić information content (AvgIpc) is 1.84. The van der Waals surface area contributed by atoms with Gasteiger partial charge in [-0.05, 0) is 18.3 Å². The molecule has 0 radical (unpaired) electrons. The van der Waals surface area contributed by atoms with Crippen LogP contribution in [0.15, 0.2) is 0 Å². The van der Waals surface area contributed by atoms with E-state index < -0.39 is 0 Å². The van der Waals surface area contributed by atoms with Crippen molar-refractivity contribution in [3.8, 4) is 0 Å². The van der Waals surface area contributed by atoms with Crippen molar-refractivity contribution in [3.05, 3.63) is 0 Å². The van der Waals surface area contributed by atoms with E-state index in [1.54, 1.807) is 0 Å². The maximum Gasteiger partial charge on any atom is 0.0105 e. The van der Waals surface area contributed by atoms with E-state index in [9.17, 15) is 0 Å². The van der Waals surface area contributed by atoms with Gasteiger partial charge in [0.2, 0.25) is 0 Å². The molecule has 10 heavy (non-hydrogen) atoms. The predicted octanol–water partition coefficient (Wildman–Crippen LogP) is 0.851. The first-order valence-corrected chi connectivity index (χ1v) is 4.06. The third-order valence-electron chi connectivity index (χ3n) is 2.94. The fraction of sp³-hybridized carbons (Fsp3) is 1.00. The Hall–Kier alpha value is -0.0800. The number of hydrogen-bond acceptors (Lipinski definition) is 2. The highest BCUT2D eigenvalue weighted by atomic mass is 14.8. The van der Waals surface area contributed by atoms with Crippen molar-refractivity contribution in [2.24, 2.45) is 16.9 Å². The molecule has 1 aliphatic carbocycles. The van der Waals surface area contributed by atoms with Crippen LogP contribution < -0.4 is 11.5 Å². The first-order valence-electron chi connectivity index (χ1n) is 4.06. The monoisotopic (exact) mass is 142 g/mol. The highest BCUT2D eigenvalue weighted by Crippen LogP contribution is 2.32. The second-order valence-electron chi connectivity index (χ2n) is 3.97. The molecule has 1 rings (SSSR count). The van der Waals surface area contributed by atoms with Gasteiger partial charge in [-0.25, -0.2) is 0 Å². The maximum atomic E-state index is 5.92. The van der Waals surface area contributed by atoms with Crippen molar-refractivity contribution in [1.82, 2.24) is 0 Å². The Morgan fingerprint density at radius 3 is 1.80 bits per heavy atom. The third kappa shape index (κ3) is 1.18. The van der Waals surface area contributed by atoms with Gasteiger partial charge in [-0.1, -0.05) is 20.3 Å². The fourth-order valence-corrected chi connectivity index (χ4v) is 1.58. The Morgan fingerprint density at radius 1 is 1.10 bits per heavy atom. The molecule has 0 amide bonds. The second kappa shape index (κ2) is 2.51. The van der Waals surface area contributed by atoms with Crippen LogP contribution in [0.3, 0.4) is 0 Å². The highest BCUT2D eigenvalue weighted by molar-refractivity contribution is 4.93. The van der Waals surface area contributed by atoms with Gasteiger partial charge in [-0.2, -0.15) is 0 Å². The van der Waals surface area contributed by atoms with Crippen LogP contribution in [0, 0.1) is 5.41 Å². The minimum atomic E-state index is 0.151. The van der Waals surface area contributed by atoms with Gasteiger partial charge >= 0.3 is 0 Å². The summed E-state index contributed by atoms with van der Waals surface area (Å²) in [5, 5.41) is 0. The summed E-state index contributed by atoms with van der Waals surface area (Å²) >= 11 is 0. The molecule has 0 spiro atoms. The van der Waals surface area contributed by atoms with Gasteiger partial charge in [-0.15, -0.1) is 0 Å². The Kier molecular flexibility index (Phi) is 2.02. The topological polar surface area (TPSA) is 52.0 Å². The Balaban J connectivity index is 2.63. The third-order valence-corrected chi connectivity index (χ3v) is 2.94. The van der Waals surface area contributed by atoms with Crippen LogP contribution in [-0.2, 0) is 0 Å². The molecule has 0 saturated heterocycles. The van der Waals surface area contributed by atoms with E-state index in [4.69, 9.17) is 11.5 Å². The highest BCUT2D eigenvalue weighted by Gasteiger charge is 2.35. The fourth-order valence-electron chi connectivity index (χ4n) is 1.58. The summed E-state index contributed by atoms with van der Waals surface area (Å²) in [6.07, 6.45) is 3.48. The van der Waals surface area contributed by atoms with Gasteiger partial charge in [0.1, 0.15) is 0 Å². The molecule has 1 saturated carbocycles. The summed E-state index contributed by atoms with van der Waals surface area (Å²) in [5.41, 5.74) is 12.0. The van der Waals surface area contributed by atoms with Crippen molar-refractivity contribution < 1.29 is 0 Å². The van der Waals surface area contributed by atoms with Crippen LogP contribution in [0.5, 0.6) is 0 Å². The van der Waals surface area contributed by atoms with Crippen LogP contribution in [-0.4, -0.2) is 12.1 Å². The molecule has 0 unspecified atom stereocenters. The molecular weight excluding hydrogens is 124 g/mol. The van der Waals surface area contributed by atoms with Gasteiger partial charge in [0, 0.05) is 12.1 Å². The molecule has 2 nitrogen and oxygen atoms in total. The summed E-state index contributed by atoms with van der Waals surface area (Å²) in [7, 11) is 0. The first kappa shape index (κ1) is 8.02. The van der Waals surface area contributed by atoms with Crippen LogP contribution in [0.1, 0.15) is 33.1 Å². The number of hydrogen-bond donors (Lipinski definition) is 2. The number of nitrogens with two attached hydrogens (primary N) is 2. The quantitative estimate of drug-likeness (QED) is 0.527. The van der Waals surface area contributed by atoms with Crippen LogP contribution in [0.2, 0.25) is 0 Å². The summed E-state index contributed by atoms with van der Waals surface area (Å²) in [4.78, 5) is 0.